The first-order valence-corrected chi connectivity index (χ1v) is 3.56. The Kier molecular flexibility index (Phi) is 2.86. The van der Waals surface area contributed by atoms with Gasteiger partial charge in [0.15, 0.2) is 0 Å². The van der Waals surface area contributed by atoms with E-state index in [1.807, 2.05) is 0 Å². The monoisotopic (exact) mass is 179 g/mol. The third-order valence-electron chi connectivity index (χ3n) is 1.36. The van der Waals surface area contributed by atoms with Gasteiger partial charge in [0.1, 0.15) is 0 Å². The van der Waals surface area contributed by atoms with Crippen molar-refractivity contribution in [3.63, 3.8) is 0 Å². The lowest BCUT2D eigenvalue weighted by Gasteiger charge is -2.01. The average molecular weight is 179 g/mol. The summed E-state index contributed by atoms with van der Waals surface area (Å²) in [5.41, 5.74) is 6.15. The van der Waals surface area contributed by atoms with Crippen LogP contribution >= 0.6 is 0 Å². The van der Waals surface area contributed by atoms with Crippen LogP contribution in [0.3, 0.4) is 0 Å². The van der Waals surface area contributed by atoms with Gasteiger partial charge in [0.2, 0.25) is 0 Å². The first-order chi connectivity index (χ1) is 6.22. The maximum atomic E-state index is 10.5. The standard InChI is InChI=1S/C8H9N3O2/c9-8(12)11-7-3-1-2-6(4-7)5-10-13/h1-5,13H,(H3,9,11,12)/b10-5+. The normalized spacial score (nSPS) is 10.2. The largest absolute Gasteiger partial charge is 0.411 e. The van der Waals surface area contributed by atoms with Crippen molar-refractivity contribution in [3.8, 4) is 0 Å². The van der Waals surface area contributed by atoms with Crippen LogP contribution < -0.4 is 11.1 Å². The summed E-state index contributed by atoms with van der Waals surface area (Å²) >= 11 is 0. The van der Waals surface area contributed by atoms with Gasteiger partial charge in [-0.15, -0.1) is 0 Å². The van der Waals surface area contributed by atoms with Crippen LogP contribution in [0.2, 0.25) is 0 Å². The molecule has 0 aliphatic heterocycles. The van der Waals surface area contributed by atoms with E-state index in [-0.39, 0.29) is 0 Å². The van der Waals surface area contributed by atoms with Gasteiger partial charge in [0, 0.05) is 5.69 Å². The van der Waals surface area contributed by atoms with Gasteiger partial charge >= 0.3 is 6.03 Å². The molecule has 13 heavy (non-hydrogen) atoms. The summed E-state index contributed by atoms with van der Waals surface area (Å²) in [6.07, 6.45) is 1.26. The van der Waals surface area contributed by atoms with Crippen molar-refractivity contribution in [2.45, 2.75) is 0 Å². The molecule has 0 fully saturated rings. The lowest BCUT2D eigenvalue weighted by Crippen LogP contribution is -2.19. The number of hydrogen-bond acceptors (Lipinski definition) is 3. The molecule has 0 radical (unpaired) electrons. The van der Waals surface area contributed by atoms with Gasteiger partial charge in [0.05, 0.1) is 6.21 Å². The molecule has 0 spiro atoms. The van der Waals surface area contributed by atoms with E-state index in [4.69, 9.17) is 10.9 Å². The molecule has 1 rings (SSSR count). The fourth-order valence-corrected chi connectivity index (χ4v) is 0.906. The number of amides is 2. The van der Waals surface area contributed by atoms with Crippen LogP contribution in [-0.2, 0) is 0 Å². The number of carbonyl (C=O) groups excluding carboxylic acids is 1. The van der Waals surface area contributed by atoms with Crippen LogP contribution in [0, 0.1) is 0 Å². The summed E-state index contributed by atoms with van der Waals surface area (Å²) in [4.78, 5) is 10.5. The summed E-state index contributed by atoms with van der Waals surface area (Å²) < 4.78 is 0. The Hall–Kier alpha value is -2.04. The highest BCUT2D eigenvalue weighted by Gasteiger charge is 1.95. The molecule has 0 heterocycles. The number of nitrogens with one attached hydrogen (secondary N) is 1. The molecule has 0 atom stereocenters. The molecule has 5 nitrogen and oxygen atoms in total. The number of oxime groups is 1. The Morgan fingerprint density at radius 2 is 2.38 bits per heavy atom. The molecule has 0 saturated carbocycles. The van der Waals surface area contributed by atoms with Crippen LogP contribution in [0.4, 0.5) is 10.5 Å². The van der Waals surface area contributed by atoms with Crippen molar-refractivity contribution >= 4 is 17.9 Å². The van der Waals surface area contributed by atoms with E-state index in [0.717, 1.165) is 0 Å². The van der Waals surface area contributed by atoms with E-state index < -0.39 is 6.03 Å². The Balaban J connectivity index is 2.85. The maximum Gasteiger partial charge on any atom is 0.316 e. The fraction of sp³-hybridized carbons (Fsp3) is 0. The van der Waals surface area contributed by atoms with E-state index >= 15 is 0 Å². The molecule has 1 aromatic carbocycles. The van der Waals surface area contributed by atoms with E-state index in [1.54, 1.807) is 24.3 Å². The van der Waals surface area contributed by atoms with Crippen molar-refractivity contribution in [3.05, 3.63) is 29.8 Å². The Bertz CT molecular complexity index is 336. The smallest absolute Gasteiger partial charge is 0.316 e. The molecule has 2 amide bonds. The number of anilines is 1. The zero-order chi connectivity index (χ0) is 9.68. The van der Waals surface area contributed by atoms with E-state index in [0.29, 0.717) is 11.3 Å². The van der Waals surface area contributed by atoms with Crippen LogP contribution in [-0.4, -0.2) is 17.5 Å². The van der Waals surface area contributed by atoms with Crippen molar-refractivity contribution < 1.29 is 10.0 Å². The van der Waals surface area contributed by atoms with Crippen molar-refractivity contribution in [1.82, 2.24) is 0 Å². The van der Waals surface area contributed by atoms with Gasteiger partial charge in [0.25, 0.3) is 0 Å². The molecule has 5 heteroatoms. The number of benzene rings is 1. The predicted octanol–water partition coefficient (Wildman–Crippen LogP) is 0.985. The van der Waals surface area contributed by atoms with Crippen LogP contribution in [0.5, 0.6) is 0 Å². The highest BCUT2D eigenvalue weighted by Crippen LogP contribution is 2.08. The number of urea groups is 1. The summed E-state index contributed by atoms with van der Waals surface area (Å²) in [6, 6.07) is 6.12. The second-order valence-electron chi connectivity index (χ2n) is 2.36. The summed E-state index contributed by atoms with van der Waals surface area (Å²) in [5, 5.41) is 13.5. The molecular formula is C8H9N3O2. The summed E-state index contributed by atoms with van der Waals surface area (Å²) in [5.74, 6) is 0. The minimum atomic E-state index is -0.627. The van der Waals surface area contributed by atoms with E-state index in [2.05, 4.69) is 10.5 Å². The SMILES string of the molecule is NC(=O)Nc1cccc(/C=N/O)c1. The lowest BCUT2D eigenvalue weighted by atomic mass is 10.2. The van der Waals surface area contributed by atoms with Gasteiger partial charge in [-0.25, -0.2) is 4.79 Å². The molecule has 0 aromatic heterocycles. The third-order valence-corrected chi connectivity index (χ3v) is 1.36. The van der Waals surface area contributed by atoms with Crippen molar-refractivity contribution in [1.29, 1.82) is 0 Å². The van der Waals surface area contributed by atoms with Gasteiger partial charge in [-0.3, -0.25) is 0 Å². The zero-order valence-electron chi connectivity index (χ0n) is 6.77. The number of rotatable bonds is 2. The highest BCUT2D eigenvalue weighted by atomic mass is 16.4. The third kappa shape index (κ3) is 2.82. The summed E-state index contributed by atoms with van der Waals surface area (Å²) in [7, 11) is 0. The number of carbonyl (C=O) groups is 1. The second kappa shape index (κ2) is 4.10. The highest BCUT2D eigenvalue weighted by molar-refractivity contribution is 5.89. The summed E-state index contributed by atoms with van der Waals surface area (Å²) in [6.45, 7) is 0. The van der Waals surface area contributed by atoms with Crippen LogP contribution in [0.1, 0.15) is 5.56 Å². The molecule has 0 aliphatic carbocycles. The number of nitrogens with two attached hydrogens (primary N) is 1. The molecule has 0 unspecified atom stereocenters. The first kappa shape index (κ1) is 9.05. The number of primary amides is 1. The molecule has 0 saturated heterocycles. The number of hydrogen-bond donors (Lipinski definition) is 3. The van der Waals surface area contributed by atoms with Gasteiger partial charge in [-0.2, -0.15) is 0 Å². The van der Waals surface area contributed by atoms with E-state index in [1.165, 1.54) is 6.21 Å². The second-order valence-corrected chi connectivity index (χ2v) is 2.36. The Labute approximate surface area is 74.9 Å². The molecule has 1 aromatic rings. The molecule has 68 valence electrons. The van der Waals surface area contributed by atoms with Crippen molar-refractivity contribution in [2.75, 3.05) is 5.32 Å². The van der Waals surface area contributed by atoms with E-state index in [9.17, 15) is 4.79 Å². The van der Waals surface area contributed by atoms with Crippen LogP contribution in [0.15, 0.2) is 29.4 Å². The maximum absolute atomic E-state index is 10.5. The lowest BCUT2D eigenvalue weighted by molar-refractivity contribution is 0.259. The minimum Gasteiger partial charge on any atom is -0.411 e. The number of nitrogens with zero attached hydrogens (tertiary/aromatic N) is 1. The zero-order valence-corrected chi connectivity index (χ0v) is 6.77. The minimum absolute atomic E-state index is 0.560. The van der Waals surface area contributed by atoms with Gasteiger partial charge < -0.3 is 16.3 Å². The Morgan fingerprint density at radius 1 is 1.62 bits per heavy atom. The molecule has 0 bridgehead atoms. The Morgan fingerprint density at radius 3 is 3.00 bits per heavy atom. The topological polar surface area (TPSA) is 87.7 Å². The first-order valence-electron chi connectivity index (χ1n) is 3.56. The molecular weight excluding hydrogens is 170 g/mol. The average Bonchev–Trinajstić information content (AvgIpc) is 2.04. The van der Waals surface area contributed by atoms with Gasteiger partial charge in [-0.1, -0.05) is 17.3 Å². The molecule has 0 aliphatic rings. The molecule has 4 N–H and O–H groups in total. The van der Waals surface area contributed by atoms with Crippen LogP contribution in [0.25, 0.3) is 0 Å². The quantitative estimate of drug-likeness (QED) is 0.359. The fourth-order valence-electron chi connectivity index (χ4n) is 0.906. The van der Waals surface area contributed by atoms with Crippen molar-refractivity contribution in [2.24, 2.45) is 10.9 Å². The predicted molar refractivity (Wildman–Crippen MR) is 49.0 cm³/mol. The van der Waals surface area contributed by atoms with Gasteiger partial charge in [-0.05, 0) is 17.7 Å².